The Balaban J connectivity index is 1.28. The van der Waals surface area contributed by atoms with Gasteiger partial charge in [-0.3, -0.25) is 4.79 Å². The first-order valence-electron chi connectivity index (χ1n) is 15.7. The molecule has 5 rings (SSSR count). The highest BCUT2D eigenvalue weighted by Crippen LogP contribution is 2.43. The Morgan fingerprint density at radius 2 is 1.69 bits per heavy atom. The van der Waals surface area contributed by atoms with Crippen molar-refractivity contribution >= 4 is 5.97 Å². The number of rotatable bonds is 10. The smallest absolute Gasteiger partial charge is 0.306 e. The normalized spacial score (nSPS) is 33.6. The molecule has 1 saturated carbocycles. The van der Waals surface area contributed by atoms with Crippen LogP contribution < -0.4 is 0 Å². The molecule has 3 aliphatic heterocycles. The van der Waals surface area contributed by atoms with E-state index in [0.717, 1.165) is 103 Å². The van der Waals surface area contributed by atoms with Crippen molar-refractivity contribution in [1.82, 2.24) is 0 Å². The molecule has 6 heteroatoms. The number of carbonyl (C=O) groups excluding carboxylic acids is 1. The summed E-state index contributed by atoms with van der Waals surface area (Å²) in [5, 5.41) is 0. The quantitative estimate of drug-likeness (QED) is 0.238. The minimum atomic E-state index is -0.145. The number of allylic oxidation sites excluding steroid dienone is 2. The zero-order chi connectivity index (χ0) is 26.7. The number of esters is 1. The van der Waals surface area contributed by atoms with Crippen molar-refractivity contribution in [3.05, 3.63) is 48.0 Å². The van der Waals surface area contributed by atoms with E-state index >= 15 is 0 Å². The van der Waals surface area contributed by atoms with E-state index in [1.165, 1.54) is 5.56 Å². The van der Waals surface area contributed by atoms with Gasteiger partial charge in [-0.2, -0.15) is 0 Å². The third kappa shape index (κ3) is 8.88. The van der Waals surface area contributed by atoms with Gasteiger partial charge in [0, 0.05) is 32.0 Å². The van der Waals surface area contributed by atoms with Gasteiger partial charge in [0.1, 0.15) is 6.10 Å². The SMILES string of the molecule is O=C1CCC/C=C\C[C@@H]2[C@@H](CC[C@H](CCc3ccccc3)OC3CCCCO3)[C@H](OC3CCCCO3)C[C@@H]2O1. The number of hydrogen-bond acceptors (Lipinski definition) is 6. The fourth-order valence-electron chi connectivity index (χ4n) is 6.79. The van der Waals surface area contributed by atoms with Crippen LogP contribution in [0.4, 0.5) is 0 Å². The Labute approximate surface area is 234 Å². The van der Waals surface area contributed by atoms with Crippen LogP contribution in [0.2, 0.25) is 0 Å². The molecule has 1 aromatic carbocycles. The van der Waals surface area contributed by atoms with Crippen molar-refractivity contribution in [2.24, 2.45) is 11.8 Å². The number of fused-ring (bicyclic) bond motifs is 1. The van der Waals surface area contributed by atoms with Crippen LogP contribution in [0.3, 0.4) is 0 Å². The molecule has 0 amide bonds. The third-order valence-corrected chi connectivity index (χ3v) is 8.95. The van der Waals surface area contributed by atoms with E-state index in [4.69, 9.17) is 23.7 Å². The zero-order valence-electron chi connectivity index (χ0n) is 23.6. The molecule has 216 valence electrons. The highest BCUT2D eigenvalue weighted by atomic mass is 16.7. The molecule has 0 radical (unpaired) electrons. The van der Waals surface area contributed by atoms with Crippen molar-refractivity contribution in [1.29, 1.82) is 0 Å². The molecular weight excluding hydrogens is 492 g/mol. The van der Waals surface area contributed by atoms with Crippen LogP contribution in [0.5, 0.6) is 0 Å². The summed E-state index contributed by atoms with van der Waals surface area (Å²) >= 11 is 0. The molecule has 0 aromatic heterocycles. The minimum absolute atomic E-state index is 0.0331. The fraction of sp³-hybridized carbons (Fsp3) is 0.727. The molecule has 3 fully saturated rings. The molecule has 0 bridgehead atoms. The van der Waals surface area contributed by atoms with E-state index in [9.17, 15) is 4.79 Å². The van der Waals surface area contributed by atoms with Crippen LogP contribution in [0.25, 0.3) is 0 Å². The van der Waals surface area contributed by atoms with E-state index in [1.807, 2.05) is 0 Å². The van der Waals surface area contributed by atoms with Crippen molar-refractivity contribution in [3.63, 3.8) is 0 Å². The highest BCUT2D eigenvalue weighted by Gasteiger charge is 2.46. The molecule has 1 aromatic rings. The molecule has 7 atom stereocenters. The Morgan fingerprint density at radius 3 is 2.46 bits per heavy atom. The van der Waals surface area contributed by atoms with Crippen LogP contribution in [0, 0.1) is 11.8 Å². The van der Waals surface area contributed by atoms with Gasteiger partial charge in [0.05, 0.1) is 12.2 Å². The van der Waals surface area contributed by atoms with Crippen LogP contribution in [0.15, 0.2) is 42.5 Å². The number of benzene rings is 1. The van der Waals surface area contributed by atoms with E-state index in [1.54, 1.807) is 0 Å². The molecule has 1 aliphatic carbocycles. The Kier molecular flexibility index (Phi) is 11.3. The number of aryl methyl sites for hydroxylation is 1. The number of hydrogen-bond donors (Lipinski definition) is 0. The second kappa shape index (κ2) is 15.3. The topological polar surface area (TPSA) is 63.2 Å². The summed E-state index contributed by atoms with van der Waals surface area (Å²) in [6.07, 6.45) is 18.7. The molecule has 0 spiro atoms. The van der Waals surface area contributed by atoms with Crippen molar-refractivity contribution in [2.75, 3.05) is 13.2 Å². The predicted molar refractivity (Wildman–Crippen MR) is 150 cm³/mol. The van der Waals surface area contributed by atoms with Gasteiger partial charge in [-0.15, -0.1) is 0 Å². The second-order valence-electron chi connectivity index (χ2n) is 11.8. The maximum atomic E-state index is 12.6. The lowest BCUT2D eigenvalue weighted by molar-refractivity contribution is -0.200. The molecule has 39 heavy (non-hydrogen) atoms. The van der Waals surface area contributed by atoms with Gasteiger partial charge in [-0.1, -0.05) is 42.5 Å². The van der Waals surface area contributed by atoms with Crippen LogP contribution in [0.1, 0.15) is 95.5 Å². The fourth-order valence-corrected chi connectivity index (χ4v) is 6.79. The van der Waals surface area contributed by atoms with Gasteiger partial charge >= 0.3 is 5.97 Å². The molecule has 3 heterocycles. The third-order valence-electron chi connectivity index (χ3n) is 8.95. The average molecular weight is 541 g/mol. The van der Waals surface area contributed by atoms with Crippen molar-refractivity contribution in [2.45, 2.75) is 127 Å². The molecular formula is C33H48O6. The largest absolute Gasteiger partial charge is 0.462 e. The number of carbonyl (C=O) groups is 1. The molecule has 2 unspecified atom stereocenters. The predicted octanol–water partition coefficient (Wildman–Crippen LogP) is 6.90. The molecule has 0 N–H and O–H groups in total. The first-order chi connectivity index (χ1) is 19.2. The summed E-state index contributed by atoms with van der Waals surface area (Å²) in [6, 6.07) is 10.7. The van der Waals surface area contributed by atoms with Gasteiger partial charge < -0.3 is 23.7 Å². The highest BCUT2D eigenvalue weighted by molar-refractivity contribution is 5.69. The van der Waals surface area contributed by atoms with Crippen LogP contribution in [-0.4, -0.2) is 50.1 Å². The lowest BCUT2D eigenvalue weighted by Gasteiger charge is -2.32. The Bertz CT molecular complexity index is 875. The van der Waals surface area contributed by atoms with Gasteiger partial charge in [-0.05, 0) is 95.0 Å². The van der Waals surface area contributed by atoms with Crippen molar-refractivity contribution in [3.8, 4) is 0 Å². The lowest BCUT2D eigenvalue weighted by atomic mass is 9.85. The van der Waals surface area contributed by atoms with E-state index in [-0.39, 0.29) is 42.8 Å². The summed E-state index contributed by atoms with van der Waals surface area (Å²) in [4.78, 5) is 12.6. The van der Waals surface area contributed by atoms with Crippen molar-refractivity contribution < 1.29 is 28.5 Å². The zero-order valence-corrected chi connectivity index (χ0v) is 23.6. The Hall–Kier alpha value is -1.73. The lowest BCUT2D eigenvalue weighted by Crippen LogP contribution is -2.33. The Morgan fingerprint density at radius 1 is 0.897 bits per heavy atom. The first kappa shape index (κ1) is 28.8. The summed E-state index contributed by atoms with van der Waals surface area (Å²) < 4.78 is 31.3. The maximum absolute atomic E-state index is 12.6. The summed E-state index contributed by atoms with van der Waals surface area (Å²) in [5.41, 5.74) is 1.34. The monoisotopic (exact) mass is 540 g/mol. The van der Waals surface area contributed by atoms with Gasteiger partial charge in [-0.25, -0.2) is 0 Å². The van der Waals surface area contributed by atoms with Gasteiger partial charge in [0.2, 0.25) is 0 Å². The molecule has 4 aliphatic rings. The standard InChI is InChI=1S/C33H48O6/c34-31-15-7-2-1-6-14-27-28(30(24-29(27)38-31)39-33-17-9-11-23-36-33)21-20-26(37-32-16-8-10-22-35-32)19-18-25-12-4-3-5-13-25/h1,3-6,12-13,26-30,32-33H,2,7-11,14-24H2/b6-1-/t26-,27+,28+,29-,30+,32?,33?/m0/s1. The maximum Gasteiger partial charge on any atom is 0.306 e. The second-order valence-corrected chi connectivity index (χ2v) is 11.8. The van der Waals surface area contributed by atoms with Crippen LogP contribution >= 0.6 is 0 Å². The van der Waals surface area contributed by atoms with E-state index < -0.39 is 0 Å². The summed E-state index contributed by atoms with van der Waals surface area (Å²) in [5.74, 6) is 0.497. The molecule has 6 nitrogen and oxygen atoms in total. The summed E-state index contributed by atoms with van der Waals surface area (Å²) in [6.45, 7) is 1.56. The molecule has 2 saturated heterocycles. The van der Waals surface area contributed by atoms with E-state index in [2.05, 4.69) is 42.5 Å². The van der Waals surface area contributed by atoms with Gasteiger partial charge in [0.25, 0.3) is 0 Å². The average Bonchev–Trinajstić information content (AvgIpc) is 3.28. The summed E-state index contributed by atoms with van der Waals surface area (Å²) in [7, 11) is 0. The van der Waals surface area contributed by atoms with Gasteiger partial charge in [0.15, 0.2) is 12.6 Å². The first-order valence-corrected chi connectivity index (χ1v) is 15.7. The van der Waals surface area contributed by atoms with Crippen LogP contribution in [-0.2, 0) is 34.9 Å². The number of ether oxygens (including phenoxy) is 5. The minimum Gasteiger partial charge on any atom is -0.462 e. The van der Waals surface area contributed by atoms with E-state index in [0.29, 0.717) is 12.3 Å².